The monoisotopic (exact) mass is 412 g/mol. The number of hydrogen-bond acceptors (Lipinski definition) is 8. The molecule has 0 atom stereocenters. The molecule has 4 rings (SSSR count). The predicted molar refractivity (Wildman–Crippen MR) is 109 cm³/mol. The van der Waals surface area contributed by atoms with E-state index in [2.05, 4.69) is 15.5 Å². The van der Waals surface area contributed by atoms with Gasteiger partial charge in [-0.25, -0.2) is 0 Å². The molecule has 0 bridgehead atoms. The van der Waals surface area contributed by atoms with E-state index in [-0.39, 0.29) is 11.8 Å². The zero-order chi connectivity index (χ0) is 19.5. The lowest BCUT2D eigenvalue weighted by atomic mass is 10.1. The number of nitrogens with zero attached hydrogens (tertiary/aromatic N) is 3. The Kier molecular flexibility index (Phi) is 5.27. The van der Waals surface area contributed by atoms with Crippen LogP contribution in [0.2, 0.25) is 0 Å². The number of imide groups is 1. The molecule has 3 aromatic rings. The van der Waals surface area contributed by atoms with Gasteiger partial charge >= 0.3 is 0 Å². The number of aromatic nitrogens is 2. The van der Waals surface area contributed by atoms with Crippen LogP contribution in [0.1, 0.15) is 20.7 Å². The third kappa shape index (κ3) is 3.71. The first-order valence-electron chi connectivity index (χ1n) is 8.48. The van der Waals surface area contributed by atoms with Crippen LogP contribution in [-0.4, -0.2) is 46.3 Å². The summed E-state index contributed by atoms with van der Waals surface area (Å²) in [6.07, 6.45) is 0. The van der Waals surface area contributed by atoms with Gasteiger partial charge < -0.3 is 10.1 Å². The quantitative estimate of drug-likeness (QED) is 0.468. The molecule has 1 N–H and O–H groups in total. The normalized spacial score (nSPS) is 13.0. The number of amides is 2. The van der Waals surface area contributed by atoms with E-state index in [0.717, 1.165) is 15.8 Å². The van der Waals surface area contributed by atoms with Crippen LogP contribution in [0, 0.1) is 0 Å². The highest BCUT2D eigenvalue weighted by atomic mass is 32.2. The van der Waals surface area contributed by atoms with Gasteiger partial charge in [0.25, 0.3) is 11.8 Å². The van der Waals surface area contributed by atoms with Crippen molar-refractivity contribution in [2.24, 2.45) is 0 Å². The molecule has 1 aliphatic rings. The van der Waals surface area contributed by atoms with Gasteiger partial charge in [-0.05, 0) is 36.4 Å². The van der Waals surface area contributed by atoms with Gasteiger partial charge in [-0.2, -0.15) is 0 Å². The Morgan fingerprint density at radius 1 is 1.04 bits per heavy atom. The smallest absolute Gasteiger partial charge is 0.261 e. The molecule has 0 unspecified atom stereocenters. The molecule has 0 spiro atoms. The van der Waals surface area contributed by atoms with E-state index in [0.29, 0.717) is 28.6 Å². The van der Waals surface area contributed by atoms with Crippen molar-refractivity contribution in [1.82, 2.24) is 15.1 Å². The van der Waals surface area contributed by atoms with Gasteiger partial charge in [0, 0.05) is 18.0 Å². The van der Waals surface area contributed by atoms with Crippen LogP contribution < -0.4 is 10.1 Å². The molecular formula is C19H16N4O3S2. The average molecular weight is 412 g/mol. The molecular weight excluding hydrogens is 396 g/mol. The molecule has 2 aromatic carbocycles. The molecule has 28 heavy (non-hydrogen) atoms. The van der Waals surface area contributed by atoms with Gasteiger partial charge in [0.15, 0.2) is 4.34 Å². The van der Waals surface area contributed by atoms with Crippen molar-refractivity contribution in [3.63, 3.8) is 0 Å². The topological polar surface area (TPSA) is 84.4 Å². The second-order valence-corrected chi connectivity index (χ2v) is 8.20. The Morgan fingerprint density at radius 3 is 2.36 bits per heavy atom. The fraction of sp³-hybridized carbons (Fsp3) is 0.158. The summed E-state index contributed by atoms with van der Waals surface area (Å²) in [7, 11) is 1.62. The molecule has 2 heterocycles. The minimum absolute atomic E-state index is 0.236. The third-order valence-corrected chi connectivity index (χ3v) is 6.12. The Balaban J connectivity index is 1.31. The fourth-order valence-corrected chi connectivity index (χ4v) is 4.55. The Hall–Kier alpha value is -2.91. The van der Waals surface area contributed by atoms with Crippen LogP contribution in [0.15, 0.2) is 52.9 Å². The summed E-state index contributed by atoms with van der Waals surface area (Å²) in [6.45, 7) is 0.331. The van der Waals surface area contributed by atoms with E-state index < -0.39 is 0 Å². The number of methoxy groups -OCH3 is 1. The maximum atomic E-state index is 12.4. The van der Waals surface area contributed by atoms with E-state index >= 15 is 0 Å². The number of fused-ring (bicyclic) bond motifs is 1. The number of hydrogen-bond donors (Lipinski definition) is 1. The zero-order valence-electron chi connectivity index (χ0n) is 14.9. The van der Waals surface area contributed by atoms with E-state index in [1.807, 2.05) is 24.3 Å². The molecule has 2 amide bonds. The molecule has 7 nitrogen and oxygen atoms in total. The molecule has 0 saturated heterocycles. The van der Waals surface area contributed by atoms with Crippen molar-refractivity contribution in [1.29, 1.82) is 0 Å². The lowest BCUT2D eigenvalue weighted by molar-refractivity contribution is 0.0664. The second kappa shape index (κ2) is 7.99. The van der Waals surface area contributed by atoms with Gasteiger partial charge in [0.1, 0.15) is 5.75 Å². The number of benzene rings is 2. The fourth-order valence-electron chi connectivity index (χ4n) is 2.78. The van der Waals surface area contributed by atoms with Crippen LogP contribution >= 0.6 is 23.1 Å². The molecule has 9 heteroatoms. The first-order chi connectivity index (χ1) is 13.7. The Bertz CT molecular complexity index is 985. The van der Waals surface area contributed by atoms with Crippen LogP contribution in [-0.2, 0) is 0 Å². The summed E-state index contributed by atoms with van der Waals surface area (Å²) in [5, 5.41) is 12.1. The molecule has 142 valence electrons. The van der Waals surface area contributed by atoms with Crippen molar-refractivity contribution in [3.8, 4) is 5.75 Å². The lowest BCUT2D eigenvalue weighted by Crippen LogP contribution is -2.31. The largest absolute Gasteiger partial charge is 0.497 e. The van der Waals surface area contributed by atoms with Gasteiger partial charge in [-0.3, -0.25) is 14.5 Å². The first-order valence-corrected chi connectivity index (χ1v) is 10.3. The molecule has 0 radical (unpaired) electrons. The maximum Gasteiger partial charge on any atom is 0.261 e. The van der Waals surface area contributed by atoms with Crippen LogP contribution in [0.4, 0.5) is 10.8 Å². The standard InChI is InChI=1S/C19H16N4O3S2/c1-26-13-8-6-12(7-9-13)20-18-21-22-19(28-18)27-11-10-23-16(24)14-4-2-3-5-15(14)17(23)25/h2-9H,10-11H2,1H3,(H,20,21). The van der Waals surface area contributed by atoms with Gasteiger partial charge in [0.05, 0.1) is 18.2 Å². The van der Waals surface area contributed by atoms with Crippen LogP contribution in [0.3, 0.4) is 0 Å². The Morgan fingerprint density at radius 2 is 1.71 bits per heavy atom. The number of carbonyl (C=O) groups is 2. The van der Waals surface area contributed by atoms with Gasteiger partial charge in [-0.1, -0.05) is 35.2 Å². The van der Waals surface area contributed by atoms with Gasteiger partial charge in [-0.15, -0.1) is 10.2 Å². The highest BCUT2D eigenvalue weighted by Gasteiger charge is 2.34. The van der Waals surface area contributed by atoms with Crippen molar-refractivity contribution in [3.05, 3.63) is 59.7 Å². The number of ether oxygens (including phenoxy) is 1. The van der Waals surface area contributed by atoms with E-state index in [4.69, 9.17) is 4.74 Å². The first kappa shape index (κ1) is 18.5. The number of anilines is 2. The molecule has 0 fully saturated rings. The minimum atomic E-state index is -0.236. The highest BCUT2D eigenvalue weighted by Crippen LogP contribution is 2.29. The molecule has 1 aromatic heterocycles. The van der Waals surface area contributed by atoms with Crippen molar-refractivity contribution < 1.29 is 14.3 Å². The van der Waals surface area contributed by atoms with Crippen molar-refractivity contribution in [2.45, 2.75) is 4.34 Å². The molecule has 1 aliphatic heterocycles. The van der Waals surface area contributed by atoms with Crippen molar-refractivity contribution in [2.75, 3.05) is 24.7 Å². The summed E-state index contributed by atoms with van der Waals surface area (Å²) in [6, 6.07) is 14.4. The number of carbonyl (C=O) groups excluding carboxylic acids is 2. The van der Waals surface area contributed by atoms with Crippen LogP contribution in [0.5, 0.6) is 5.75 Å². The second-order valence-electron chi connectivity index (χ2n) is 5.88. The summed E-state index contributed by atoms with van der Waals surface area (Å²) < 4.78 is 5.91. The third-order valence-electron chi connectivity index (χ3n) is 4.17. The maximum absolute atomic E-state index is 12.4. The average Bonchev–Trinajstić information content (AvgIpc) is 3.27. The Labute approximate surface area is 169 Å². The summed E-state index contributed by atoms with van der Waals surface area (Å²) >= 11 is 2.89. The van der Waals surface area contributed by atoms with Crippen molar-refractivity contribution >= 4 is 45.7 Å². The lowest BCUT2D eigenvalue weighted by Gasteiger charge is -2.12. The number of nitrogens with one attached hydrogen (secondary N) is 1. The molecule has 0 aliphatic carbocycles. The number of thioether (sulfide) groups is 1. The minimum Gasteiger partial charge on any atom is -0.497 e. The van der Waals surface area contributed by atoms with E-state index in [9.17, 15) is 9.59 Å². The predicted octanol–water partition coefficient (Wildman–Crippen LogP) is 3.68. The summed E-state index contributed by atoms with van der Waals surface area (Å²) in [5.41, 5.74) is 1.83. The van der Waals surface area contributed by atoms with Gasteiger partial charge in [0.2, 0.25) is 5.13 Å². The molecule has 0 saturated carbocycles. The van der Waals surface area contributed by atoms with E-state index in [1.54, 1.807) is 31.4 Å². The highest BCUT2D eigenvalue weighted by molar-refractivity contribution is 8.01. The SMILES string of the molecule is COc1ccc(Nc2nnc(SCCN3C(=O)c4ccccc4C3=O)s2)cc1. The van der Waals surface area contributed by atoms with E-state index in [1.165, 1.54) is 28.0 Å². The number of rotatable bonds is 7. The summed E-state index contributed by atoms with van der Waals surface area (Å²) in [4.78, 5) is 26.0. The summed E-state index contributed by atoms with van der Waals surface area (Å²) in [5.74, 6) is 0.871. The zero-order valence-corrected chi connectivity index (χ0v) is 16.5. The van der Waals surface area contributed by atoms with Crippen LogP contribution in [0.25, 0.3) is 0 Å².